The van der Waals surface area contributed by atoms with E-state index in [9.17, 15) is 9.59 Å². The molecule has 6 heteroatoms. The van der Waals surface area contributed by atoms with E-state index in [-0.39, 0.29) is 17.7 Å². The lowest BCUT2D eigenvalue weighted by molar-refractivity contribution is -0.124. The Bertz CT molecular complexity index is 963. The van der Waals surface area contributed by atoms with E-state index >= 15 is 0 Å². The van der Waals surface area contributed by atoms with Gasteiger partial charge in [-0.3, -0.25) is 9.59 Å². The molecule has 1 heterocycles. The van der Waals surface area contributed by atoms with Gasteiger partial charge in [-0.15, -0.1) is 0 Å². The molecule has 0 spiro atoms. The van der Waals surface area contributed by atoms with Crippen molar-refractivity contribution in [2.75, 3.05) is 0 Å². The first-order chi connectivity index (χ1) is 13.9. The molecular weight excluding hydrogens is 364 g/mol. The Morgan fingerprint density at radius 3 is 2.45 bits per heavy atom. The second kappa shape index (κ2) is 9.19. The molecule has 1 atom stereocenters. The van der Waals surface area contributed by atoms with Crippen molar-refractivity contribution < 1.29 is 9.59 Å². The van der Waals surface area contributed by atoms with Crippen molar-refractivity contribution in [1.82, 2.24) is 20.4 Å². The van der Waals surface area contributed by atoms with Crippen LogP contribution in [0.15, 0.2) is 67.0 Å². The van der Waals surface area contributed by atoms with Crippen molar-refractivity contribution in [3.63, 3.8) is 0 Å². The smallest absolute Gasteiger partial charge is 0.251 e. The summed E-state index contributed by atoms with van der Waals surface area (Å²) in [5.41, 5.74) is 3.48. The first-order valence-electron chi connectivity index (χ1n) is 9.68. The minimum absolute atomic E-state index is 0.0362. The molecule has 0 saturated carbocycles. The molecule has 6 nitrogen and oxygen atoms in total. The summed E-state index contributed by atoms with van der Waals surface area (Å²) in [6.07, 6.45) is 3.60. The number of hydrogen-bond donors (Lipinski definition) is 2. The first kappa shape index (κ1) is 20.3. The normalized spacial score (nSPS) is 11.9. The van der Waals surface area contributed by atoms with E-state index in [0.717, 1.165) is 16.8 Å². The van der Waals surface area contributed by atoms with Crippen molar-refractivity contribution in [2.45, 2.75) is 33.4 Å². The second-order valence-electron chi connectivity index (χ2n) is 7.40. The predicted molar refractivity (Wildman–Crippen MR) is 113 cm³/mol. The monoisotopic (exact) mass is 390 g/mol. The van der Waals surface area contributed by atoms with Gasteiger partial charge in [-0.2, -0.15) is 5.10 Å². The first-order valence-corrected chi connectivity index (χ1v) is 9.68. The van der Waals surface area contributed by atoms with Gasteiger partial charge in [0.1, 0.15) is 6.04 Å². The Hall–Kier alpha value is -3.41. The summed E-state index contributed by atoms with van der Waals surface area (Å²) in [6.45, 7) is 6.15. The molecule has 3 aromatic rings. The molecule has 1 aromatic heterocycles. The fourth-order valence-electron chi connectivity index (χ4n) is 3.03. The average Bonchev–Trinajstić information content (AvgIpc) is 3.25. The molecule has 0 aliphatic carbocycles. The Morgan fingerprint density at radius 2 is 1.83 bits per heavy atom. The van der Waals surface area contributed by atoms with Crippen molar-refractivity contribution in [2.24, 2.45) is 5.92 Å². The molecular formula is C23H26N4O2. The lowest BCUT2D eigenvalue weighted by atomic mass is 10.0. The third-order valence-corrected chi connectivity index (χ3v) is 4.69. The fourth-order valence-corrected chi connectivity index (χ4v) is 3.03. The van der Waals surface area contributed by atoms with Gasteiger partial charge in [-0.05, 0) is 48.7 Å². The number of nitrogens with zero attached hydrogens (tertiary/aromatic N) is 2. The van der Waals surface area contributed by atoms with Crippen LogP contribution in [0.4, 0.5) is 0 Å². The maximum absolute atomic E-state index is 12.7. The van der Waals surface area contributed by atoms with Gasteiger partial charge in [0.25, 0.3) is 5.91 Å². The number of aryl methyl sites for hydroxylation is 1. The van der Waals surface area contributed by atoms with E-state index in [0.29, 0.717) is 12.1 Å². The molecule has 3 rings (SSSR count). The molecule has 0 bridgehead atoms. The van der Waals surface area contributed by atoms with Gasteiger partial charge in [-0.25, -0.2) is 4.68 Å². The molecule has 0 radical (unpaired) electrons. The summed E-state index contributed by atoms with van der Waals surface area (Å²) < 4.78 is 1.78. The summed E-state index contributed by atoms with van der Waals surface area (Å²) >= 11 is 0. The summed E-state index contributed by atoms with van der Waals surface area (Å²) in [5, 5.41) is 9.99. The highest BCUT2D eigenvalue weighted by Crippen LogP contribution is 2.10. The maximum atomic E-state index is 12.7. The minimum Gasteiger partial charge on any atom is -0.350 e. The van der Waals surface area contributed by atoms with Gasteiger partial charge in [0.2, 0.25) is 5.91 Å². The van der Waals surface area contributed by atoms with E-state index in [1.165, 1.54) is 0 Å². The molecule has 150 valence electrons. The lowest BCUT2D eigenvalue weighted by Gasteiger charge is -2.22. The van der Waals surface area contributed by atoms with Gasteiger partial charge in [0.15, 0.2) is 0 Å². The van der Waals surface area contributed by atoms with Crippen LogP contribution in [0.3, 0.4) is 0 Å². The SMILES string of the molecule is Cc1cccc(C(=O)NC(C(=O)NCc2ccc(-n3cccn3)cc2)C(C)C)c1. The van der Waals surface area contributed by atoms with Crippen molar-refractivity contribution in [3.8, 4) is 5.69 Å². The van der Waals surface area contributed by atoms with Crippen LogP contribution in [0.2, 0.25) is 0 Å². The zero-order valence-corrected chi connectivity index (χ0v) is 16.9. The van der Waals surface area contributed by atoms with Crippen LogP contribution in [0, 0.1) is 12.8 Å². The van der Waals surface area contributed by atoms with Gasteiger partial charge < -0.3 is 10.6 Å². The van der Waals surface area contributed by atoms with Crippen LogP contribution in [0.5, 0.6) is 0 Å². The Morgan fingerprint density at radius 1 is 1.07 bits per heavy atom. The number of carbonyl (C=O) groups excluding carboxylic acids is 2. The minimum atomic E-state index is -0.605. The standard InChI is InChI=1S/C23H26N4O2/c1-16(2)21(26-22(28)19-7-4-6-17(3)14-19)23(29)24-15-18-8-10-20(11-9-18)27-13-5-12-25-27/h4-14,16,21H,15H2,1-3H3,(H,24,29)(H,26,28). The molecule has 0 fully saturated rings. The van der Waals surface area contributed by atoms with Gasteiger partial charge >= 0.3 is 0 Å². The highest BCUT2D eigenvalue weighted by atomic mass is 16.2. The third-order valence-electron chi connectivity index (χ3n) is 4.69. The number of nitrogens with one attached hydrogen (secondary N) is 2. The predicted octanol–water partition coefficient (Wildman–Crippen LogP) is 3.25. The Balaban J connectivity index is 1.60. The van der Waals surface area contributed by atoms with Crippen LogP contribution in [-0.2, 0) is 11.3 Å². The van der Waals surface area contributed by atoms with Crippen LogP contribution >= 0.6 is 0 Å². The lowest BCUT2D eigenvalue weighted by Crippen LogP contribution is -2.49. The molecule has 0 aliphatic heterocycles. The van der Waals surface area contributed by atoms with E-state index in [2.05, 4.69) is 15.7 Å². The van der Waals surface area contributed by atoms with Crippen molar-refractivity contribution in [1.29, 1.82) is 0 Å². The molecule has 0 saturated heterocycles. The van der Waals surface area contributed by atoms with E-state index in [1.54, 1.807) is 16.9 Å². The fraction of sp³-hybridized carbons (Fsp3) is 0.261. The van der Waals surface area contributed by atoms with Gasteiger partial charge in [-0.1, -0.05) is 43.7 Å². The number of amides is 2. The van der Waals surface area contributed by atoms with Crippen molar-refractivity contribution in [3.05, 3.63) is 83.7 Å². The largest absolute Gasteiger partial charge is 0.350 e. The van der Waals surface area contributed by atoms with Crippen LogP contribution in [0.25, 0.3) is 5.69 Å². The number of carbonyl (C=O) groups is 2. The molecule has 1 unspecified atom stereocenters. The topological polar surface area (TPSA) is 76.0 Å². The van der Waals surface area contributed by atoms with Crippen LogP contribution in [0.1, 0.15) is 35.3 Å². The number of rotatable bonds is 7. The highest BCUT2D eigenvalue weighted by Gasteiger charge is 2.24. The maximum Gasteiger partial charge on any atom is 0.251 e. The Labute approximate surface area is 170 Å². The molecule has 2 N–H and O–H groups in total. The van der Waals surface area contributed by atoms with E-state index in [1.807, 2.05) is 75.5 Å². The summed E-state index contributed by atoms with van der Waals surface area (Å²) in [4.78, 5) is 25.2. The second-order valence-corrected chi connectivity index (χ2v) is 7.40. The van der Waals surface area contributed by atoms with Crippen LogP contribution in [-0.4, -0.2) is 27.6 Å². The zero-order chi connectivity index (χ0) is 20.8. The third kappa shape index (κ3) is 5.31. The molecule has 0 aliphatic rings. The molecule has 2 aromatic carbocycles. The number of hydrogen-bond acceptors (Lipinski definition) is 3. The van der Waals surface area contributed by atoms with Gasteiger partial charge in [0.05, 0.1) is 5.69 Å². The van der Waals surface area contributed by atoms with Crippen molar-refractivity contribution >= 4 is 11.8 Å². The van der Waals surface area contributed by atoms with Crippen LogP contribution < -0.4 is 10.6 Å². The summed E-state index contributed by atoms with van der Waals surface area (Å²) in [7, 11) is 0. The average molecular weight is 390 g/mol. The zero-order valence-electron chi connectivity index (χ0n) is 16.9. The highest BCUT2D eigenvalue weighted by molar-refractivity contribution is 5.97. The summed E-state index contributed by atoms with van der Waals surface area (Å²) in [5.74, 6) is -0.478. The van der Waals surface area contributed by atoms with E-state index < -0.39 is 6.04 Å². The number of aromatic nitrogens is 2. The van der Waals surface area contributed by atoms with Gasteiger partial charge in [0, 0.05) is 24.5 Å². The number of benzene rings is 2. The quantitative estimate of drug-likeness (QED) is 0.650. The molecule has 29 heavy (non-hydrogen) atoms. The van der Waals surface area contributed by atoms with E-state index in [4.69, 9.17) is 0 Å². The molecule has 2 amide bonds. The Kier molecular flexibility index (Phi) is 6.44. The summed E-state index contributed by atoms with van der Waals surface area (Å²) in [6, 6.07) is 16.4.